The third-order valence-electron chi connectivity index (χ3n) is 2.65. The average Bonchev–Trinajstić information content (AvgIpc) is 2.78. The quantitative estimate of drug-likeness (QED) is 0.869. The topological polar surface area (TPSA) is 21.3 Å². The van der Waals surface area contributed by atoms with E-state index < -0.39 is 0 Å². The molecule has 0 unspecified atom stereocenters. The Morgan fingerprint density at radius 1 is 1.22 bits per heavy atom. The summed E-state index contributed by atoms with van der Waals surface area (Å²) in [5, 5.41) is 6.20. The first kappa shape index (κ1) is 13.6. The van der Waals surface area contributed by atoms with Crippen LogP contribution < -0.4 is 5.32 Å². The van der Waals surface area contributed by atoms with Gasteiger partial charge in [0.1, 0.15) is 0 Å². The monoisotopic (exact) mass is 281 g/mol. The number of benzene rings is 1. The lowest BCUT2D eigenvalue weighted by molar-refractivity contribution is 0.184. The lowest BCUT2D eigenvalue weighted by Crippen LogP contribution is -2.13. The Labute approximate surface area is 117 Å². The van der Waals surface area contributed by atoms with Crippen LogP contribution in [0.1, 0.15) is 16.0 Å². The molecule has 2 nitrogen and oxygen atoms in total. The standard InChI is InChI=1S/C14H16ClNOS/c1-17-9-12-5-3-2-4-11(12)7-16-8-14-6-13(15)10-18-14/h2-6,10,16H,7-9H2,1H3. The van der Waals surface area contributed by atoms with Crippen LogP contribution >= 0.6 is 22.9 Å². The maximum absolute atomic E-state index is 5.89. The second-order valence-electron chi connectivity index (χ2n) is 4.04. The minimum absolute atomic E-state index is 0.655. The Balaban J connectivity index is 1.89. The number of methoxy groups -OCH3 is 1. The van der Waals surface area contributed by atoms with Crippen LogP contribution in [0, 0.1) is 0 Å². The van der Waals surface area contributed by atoms with Gasteiger partial charge < -0.3 is 10.1 Å². The molecule has 0 aliphatic heterocycles. The average molecular weight is 282 g/mol. The van der Waals surface area contributed by atoms with Crippen molar-refractivity contribution in [3.8, 4) is 0 Å². The highest BCUT2D eigenvalue weighted by molar-refractivity contribution is 7.10. The second kappa shape index (κ2) is 6.90. The predicted octanol–water partition coefficient (Wildman–Crippen LogP) is 3.84. The SMILES string of the molecule is COCc1ccccc1CNCc1cc(Cl)cs1. The van der Waals surface area contributed by atoms with E-state index in [0.717, 1.165) is 18.1 Å². The lowest BCUT2D eigenvalue weighted by Gasteiger charge is -2.09. The Kier molecular flexibility index (Phi) is 5.20. The largest absolute Gasteiger partial charge is 0.380 e. The zero-order valence-electron chi connectivity index (χ0n) is 10.3. The van der Waals surface area contributed by atoms with Crippen LogP contribution in [0.3, 0.4) is 0 Å². The molecule has 1 aromatic heterocycles. The highest BCUT2D eigenvalue weighted by Crippen LogP contribution is 2.19. The number of rotatable bonds is 6. The molecule has 0 spiro atoms. The molecule has 4 heteroatoms. The van der Waals surface area contributed by atoms with Crippen LogP contribution in [0.4, 0.5) is 0 Å². The fourth-order valence-electron chi connectivity index (χ4n) is 1.79. The zero-order valence-corrected chi connectivity index (χ0v) is 11.9. The predicted molar refractivity (Wildman–Crippen MR) is 77.0 cm³/mol. The Hall–Kier alpha value is -0.870. The van der Waals surface area contributed by atoms with Crippen LogP contribution in [-0.4, -0.2) is 7.11 Å². The van der Waals surface area contributed by atoms with Gasteiger partial charge in [0.15, 0.2) is 0 Å². The molecular formula is C14H16ClNOS. The fraction of sp³-hybridized carbons (Fsp3) is 0.286. The van der Waals surface area contributed by atoms with Crippen molar-refractivity contribution in [2.75, 3.05) is 7.11 Å². The molecule has 2 rings (SSSR count). The molecule has 1 N–H and O–H groups in total. The van der Waals surface area contributed by atoms with Crippen LogP contribution in [0.2, 0.25) is 5.02 Å². The Bertz CT molecular complexity index is 498. The van der Waals surface area contributed by atoms with Crippen molar-refractivity contribution in [1.82, 2.24) is 5.32 Å². The van der Waals surface area contributed by atoms with Gasteiger partial charge in [-0.25, -0.2) is 0 Å². The van der Waals surface area contributed by atoms with Crippen molar-refractivity contribution < 1.29 is 4.74 Å². The molecule has 0 saturated heterocycles. The maximum atomic E-state index is 5.89. The molecular weight excluding hydrogens is 266 g/mol. The number of halogens is 1. The summed E-state index contributed by atoms with van der Waals surface area (Å²) in [6, 6.07) is 10.3. The van der Waals surface area contributed by atoms with Crippen molar-refractivity contribution in [2.45, 2.75) is 19.7 Å². The first-order valence-corrected chi connectivity index (χ1v) is 7.04. The molecule has 0 saturated carbocycles. The number of thiophene rings is 1. The van der Waals surface area contributed by atoms with E-state index in [2.05, 4.69) is 23.5 Å². The van der Waals surface area contributed by atoms with Gasteiger partial charge in [-0.1, -0.05) is 35.9 Å². The molecule has 0 aliphatic rings. The molecule has 0 aliphatic carbocycles. The number of ether oxygens (including phenoxy) is 1. The van der Waals surface area contributed by atoms with E-state index in [9.17, 15) is 0 Å². The van der Waals surface area contributed by atoms with Gasteiger partial charge in [-0.15, -0.1) is 11.3 Å². The van der Waals surface area contributed by atoms with E-state index in [0.29, 0.717) is 6.61 Å². The number of nitrogens with one attached hydrogen (secondary N) is 1. The molecule has 0 amide bonds. The van der Waals surface area contributed by atoms with Crippen LogP contribution in [0.5, 0.6) is 0 Å². The first-order valence-electron chi connectivity index (χ1n) is 5.79. The Morgan fingerprint density at radius 2 is 2.00 bits per heavy atom. The summed E-state index contributed by atoms with van der Waals surface area (Å²) in [6.45, 7) is 2.34. The van der Waals surface area contributed by atoms with Crippen LogP contribution in [0.25, 0.3) is 0 Å². The maximum Gasteiger partial charge on any atom is 0.0716 e. The molecule has 2 aromatic rings. The van der Waals surface area contributed by atoms with E-state index >= 15 is 0 Å². The number of hydrogen-bond donors (Lipinski definition) is 1. The highest BCUT2D eigenvalue weighted by atomic mass is 35.5. The van der Waals surface area contributed by atoms with Gasteiger partial charge in [0, 0.05) is 30.5 Å². The lowest BCUT2D eigenvalue weighted by atomic mass is 10.1. The zero-order chi connectivity index (χ0) is 12.8. The molecule has 0 fully saturated rings. The Morgan fingerprint density at radius 3 is 2.67 bits per heavy atom. The molecule has 1 heterocycles. The van der Waals surface area contributed by atoms with Gasteiger partial charge in [0.05, 0.1) is 11.6 Å². The van der Waals surface area contributed by atoms with E-state index in [1.165, 1.54) is 16.0 Å². The van der Waals surface area contributed by atoms with E-state index in [1.54, 1.807) is 18.4 Å². The van der Waals surface area contributed by atoms with Crippen molar-refractivity contribution in [3.05, 3.63) is 56.7 Å². The van der Waals surface area contributed by atoms with Gasteiger partial charge in [0.2, 0.25) is 0 Å². The summed E-state index contributed by atoms with van der Waals surface area (Å²) >= 11 is 7.57. The highest BCUT2D eigenvalue weighted by Gasteiger charge is 2.02. The van der Waals surface area contributed by atoms with Gasteiger partial charge in [0.25, 0.3) is 0 Å². The summed E-state index contributed by atoms with van der Waals surface area (Å²) < 4.78 is 5.19. The van der Waals surface area contributed by atoms with Gasteiger partial charge in [-0.2, -0.15) is 0 Å². The van der Waals surface area contributed by atoms with Crippen molar-refractivity contribution in [3.63, 3.8) is 0 Å². The molecule has 0 radical (unpaired) electrons. The van der Waals surface area contributed by atoms with Crippen molar-refractivity contribution in [2.24, 2.45) is 0 Å². The summed E-state index contributed by atoms with van der Waals surface area (Å²) in [5.41, 5.74) is 2.51. The summed E-state index contributed by atoms with van der Waals surface area (Å²) in [4.78, 5) is 1.25. The van der Waals surface area contributed by atoms with E-state index in [1.807, 2.05) is 17.5 Å². The van der Waals surface area contributed by atoms with Crippen LogP contribution in [0.15, 0.2) is 35.7 Å². The molecule has 0 atom stereocenters. The van der Waals surface area contributed by atoms with E-state index in [-0.39, 0.29) is 0 Å². The molecule has 96 valence electrons. The summed E-state index contributed by atoms with van der Waals surface area (Å²) in [5.74, 6) is 0. The third-order valence-corrected chi connectivity index (χ3v) is 3.94. The van der Waals surface area contributed by atoms with Crippen molar-refractivity contribution >= 4 is 22.9 Å². The number of hydrogen-bond acceptors (Lipinski definition) is 3. The van der Waals surface area contributed by atoms with E-state index in [4.69, 9.17) is 16.3 Å². The smallest absolute Gasteiger partial charge is 0.0716 e. The normalized spacial score (nSPS) is 10.8. The minimum atomic E-state index is 0.655. The summed E-state index contributed by atoms with van der Waals surface area (Å²) in [7, 11) is 1.72. The molecule has 1 aromatic carbocycles. The van der Waals surface area contributed by atoms with Crippen molar-refractivity contribution in [1.29, 1.82) is 0 Å². The summed E-state index contributed by atoms with van der Waals surface area (Å²) in [6.07, 6.45) is 0. The van der Waals surface area contributed by atoms with Gasteiger partial charge in [-0.3, -0.25) is 0 Å². The third kappa shape index (κ3) is 3.82. The fourth-order valence-corrected chi connectivity index (χ4v) is 2.84. The van der Waals surface area contributed by atoms with Gasteiger partial charge in [-0.05, 0) is 17.2 Å². The van der Waals surface area contributed by atoms with Crippen LogP contribution in [-0.2, 0) is 24.4 Å². The molecule has 0 bridgehead atoms. The van der Waals surface area contributed by atoms with Gasteiger partial charge >= 0.3 is 0 Å². The minimum Gasteiger partial charge on any atom is -0.380 e. The first-order chi connectivity index (χ1) is 8.79. The second-order valence-corrected chi connectivity index (χ2v) is 5.47. The molecule has 18 heavy (non-hydrogen) atoms.